The molecule has 7 rings (SSSR count). The molecule has 0 amide bonds. The molecule has 0 spiro atoms. The minimum absolute atomic E-state index is 0.269. The van der Waals surface area contributed by atoms with Crippen LogP contribution in [0.5, 0.6) is 0 Å². The third kappa shape index (κ3) is 4.06. The summed E-state index contributed by atoms with van der Waals surface area (Å²) in [5.74, 6) is 1.17. The van der Waals surface area contributed by atoms with E-state index in [0.29, 0.717) is 25.2 Å². The van der Waals surface area contributed by atoms with E-state index in [1.807, 2.05) is 19.2 Å². The zero-order valence-corrected chi connectivity index (χ0v) is 19.3. The van der Waals surface area contributed by atoms with Crippen LogP contribution in [0.2, 0.25) is 0 Å². The predicted molar refractivity (Wildman–Crippen MR) is 128 cm³/mol. The number of nitrogens with one attached hydrogen (secondary N) is 1. The molecule has 1 N–H and O–H groups in total. The van der Waals surface area contributed by atoms with E-state index in [-0.39, 0.29) is 12.0 Å². The third-order valence-corrected chi connectivity index (χ3v) is 7.73. The van der Waals surface area contributed by atoms with Crippen molar-refractivity contribution in [3.05, 3.63) is 42.1 Å². The lowest BCUT2D eigenvalue weighted by molar-refractivity contribution is -0.0225. The van der Waals surface area contributed by atoms with Crippen LogP contribution in [0, 0.1) is 5.92 Å². The number of rotatable bonds is 5. The Morgan fingerprint density at radius 2 is 2.18 bits per heavy atom. The molecule has 4 fully saturated rings. The van der Waals surface area contributed by atoms with Crippen molar-refractivity contribution >= 4 is 22.9 Å². The fourth-order valence-corrected chi connectivity index (χ4v) is 6.08. The van der Waals surface area contributed by atoms with Crippen LogP contribution >= 0.6 is 0 Å². The molecule has 33 heavy (non-hydrogen) atoms. The SMILES string of the molecule is CCO[C@H]1C[C@@H](CN2Cc3cccnc3Nc3ccc(N4C[C@H]5CC[C@@H]4CO5)cc32)C[C@@H]1F. The Hall–Kier alpha value is -2.38. The normalized spacial score (nSPS) is 30.5. The lowest BCUT2D eigenvalue weighted by atomic mass is 9.96. The van der Waals surface area contributed by atoms with E-state index < -0.39 is 6.17 Å². The Bertz CT molecular complexity index is 996. The summed E-state index contributed by atoms with van der Waals surface area (Å²) in [4.78, 5) is 9.53. The minimum Gasteiger partial charge on any atom is -0.375 e. The van der Waals surface area contributed by atoms with Crippen molar-refractivity contribution < 1.29 is 13.9 Å². The molecule has 1 aromatic carbocycles. The molecule has 1 aromatic heterocycles. The van der Waals surface area contributed by atoms with Gasteiger partial charge in [0.1, 0.15) is 12.0 Å². The zero-order chi connectivity index (χ0) is 22.4. The second-order valence-electron chi connectivity index (χ2n) is 9.90. The van der Waals surface area contributed by atoms with Gasteiger partial charge in [0.15, 0.2) is 0 Å². The van der Waals surface area contributed by atoms with Crippen molar-refractivity contribution in [3.63, 3.8) is 0 Å². The van der Waals surface area contributed by atoms with Gasteiger partial charge in [-0.3, -0.25) is 0 Å². The largest absolute Gasteiger partial charge is 0.375 e. The molecule has 2 aromatic rings. The summed E-state index contributed by atoms with van der Waals surface area (Å²) in [6, 6.07) is 11.3. The van der Waals surface area contributed by atoms with E-state index in [2.05, 4.69) is 44.4 Å². The first-order valence-corrected chi connectivity index (χ1v) is 12.4. The molecule has 3 saturated heterocycles. The standard InChI is InChI=1S/C26H33FN4O2/c1-2-32-25-11-17(10-22(25)27)13-30-14-18-4-3-9-28-26(18)29-23-8-6-19(12-24(23)30)31-15-21-7-5-20(31)16-33-21/h3-4,6,8-9,12,17,20-22,25H,2,5,7,10-11,13-16H2,1H3,(H,28,29)/t17-,20+,21+,22-,25-/m0/s1. The first-order chi connectivity index (χ1) is 16.2. The number of nitrogens with zero attached hydrogens (tertiary/aromatic N) is 3. The van der Waals surface area contributed by atoms with Crippen LogP contribution in [0.1, 0.15) is 38.2 Å². The van der Waals surface area contributed by atoms with E-state index in [0.717, 1.165) is 56.2 Å². The summed E-state index contributed by atoms with van der Waals surface area (Å²) in [6.45, 7) is 5.86. The first kappa shape index (κ1) is 21.2. The highest BCUT2D eigenvalue weighted by Crippen LogP contribution is 2.41. The number of hydrogen-bond donors (Lipinski definition) is 1. The highest BCUT2D eigenvalue weighted by molar-refractivity contribution is 5.81. The molecule has 2 bridgehead atoms. The van der Waals surface area contributed by atoms with E-state index in [9.17, 15) is 4.39 Å². The Morgan fingerprint density at radius 1 is 1.24 bits per heavy atom. The summed E-state index contributed by atoms with van der Waals surface area (Å²) in [7, 11) is 0. The number of halogens is 1. The molecule has 7 heteroatoms. The summed E-state index contributed by atoms with van der Waals surface area (Å²) in [5.41, 5.74) is 4.64. The second kappa shape index (κ2) is 8.76. The number of ether oxygens (including phenoxy) is 2. The first-order valence-electron chi connectivity index (χ1n) is 12.4. The molecule has 4 aliphatic heterocycles. The number of morpholine rings is 1. The average molecular weight is 453 g/mol. The number of fused-ring (bicyclic) bond motifs is 5. The van der Waals surface area contributed by atoms with Crippen LogP contribution in [0.25, 0.3) is 0 Å². The van der Waals surface area contributed by atoms with Gasteiger partial charge in [-0.05, 0) is 62.8 Å². The molecule has 5 atom stereocenters. The van der Waals surface area contributed by atoms with Crippen molar-refractivity contribution in [2.75, 3.05) is 41.4 Å². The average Bonchev–Trinajstić information content (AvgIpc) is 3.11. The van der Waals surface area contributed by atoms with Gasteiger partial charge < -0.3 is 24.6 Å². The molecule has 176 valence electrons. The molecule has 5 heterocycles. The van der Waals surface area contributed by atoms with Gasteiger partial charge in [0.25, 0.3) is 0 Å². The van der Waals surface area contributed by atoms with Gasteiger partial charge in [-0.2, -0.15) is 0 Å². The molecule has 6 nitrogen and oxygen atoms in total. The molecular weight excluding hydrogens is 419 g/mol. The number of anilines is 4. The molecule has 1 saturated carbocycles. The van der Waals surface area contributed by atoms with Crippen LogP contribution in [0.4, 0.5) is 27.3 Å². The van der Waals surface area contributed by atoms with E-state index >= 15 is 0 Å². The van der Waals surface area contributed by atoms with E-state index in [4.69, 9.17) is 9.47 Å². The van der Waals surface area contributed by atoms with Crippen molar-refractivity contribution in [3.8, 4) is 0 Å². The van der Waals surface area contributed by atoms with Gasteiger partial charge in [-0.25, -0.2) is 9.37 Å². The molecule has 0 radical (unpaired) electrons. The van der Waals surface area contributed by atoms with E-state index in [1.54, 1.807) is 0 Å². The minimum atomic E-state index is -0.872. The maximum absolute atomic E-state index is 14.6. The number of alkyl halides is 1. The van der Waals surface area contributed by atoms with Crippen LogP contribution in [-0.2, 0) is 16.0 Å². The van der Waals surface area contributed by atoms with Crippen LogP contribution in [0.3, 0.4) is 0 Å². The van der Waals surface area contributed by atoms with Gasteiger partial charge in [0.2, 0.25) is 0 Å². The second-order valence-corrected chi connectivity index (χ2v) is 9.90. The van der Waals surface area contributed by atoms with Crippen LogP contribution in [-0.4, -0.2) is 55.7 Å². The highest BCUT2D eigenvalue weighted by atomic mass is 19.1. The fourth-order valence-electron chi connectivity index (χ4n) is 6.08. The van der Waals surface area contributed by atoms with Gasteiger partial charge >= 0.3 is 0 Å². The number of aromatic nitrogens is 1. The lowest BCUT2D eigenvalue weighted by Gasteiger charge is -2.46. The van der Waals surface area contributed by atoms with Crippen LogP contribution < -0.4 is 15.1 Å². The van der Waals surface area contributed by atoms with Gasteiger partial charge in [-0.15, -0.1) is 0 Å². The molecule has 1 aliphatic carbocycles. The number of piperidine rings is 1. The lowest BCUT2D eigenvalue weighted by Crippen LogP contribution is -2.54. The van der Waals surface area contributed by atoms with Crippen LogP contribution in [0.15, 0.2) is 36.5 Å². The van der Waals surface area contributed by atoms with Crippen molar-refractivity contribution in [2.24, 2.45) is 5.92 Å². The zero-order valence-electron chi connectivity index (χ0n) is 19.3. The monoisotopic (exact) mass is 452 g/mol. The summed E-state index contributed by atoms with van der Waals surface area (Å²) >= 11 is 0. The molecule has 0 unspecified atom stereocenters. The Balaban J connectivity index is 1.31. The maximum atomic E-state index is 14.6. The topological polar surface area (TPSA) is 49.9 Å². The molecule has 5 aliphatic rings. The fraction of sp³-hybridized carbons (Fsp3) is 0.577. The smallest absolute Gasteiger partial charge is 0.135 e. The number of pyridine rings is 1. The molecular formula is C26H33FN4O2. The quantitative estimate of drug-likeness (QED) is 0.712. The maximum Gasteiger partial charge on any atom is 0.135 e. The number of benzene rings is 1. The van der Waals surface area contributed by atoms with Crippen molar-refractivity contribution in [1.29, 1.82) is 0 Å². The summed E-state index contributed by atoms with van der Waals surface area (Å²) in [6.07, 6.45) is 4.73. The van der Waals surface area contributed by atoms with Crippen molar-refractivity contribution in [1.82, 2.24) is 4.98 Å². The summed E-state index contributed by atoms with van der Waals surface area (Å²) < 4.78 is 26.2. The summed E-state index contributed by atoms with van der Waals surface area (Å²) in [5, 5.41) is 3.57. The van der Waals surface area contributed by atoms with Gasteiger partial charge in [-0.1, -0.05) is 6.07 Å². The Labute approximate surface area is 195 Å². The number of hydrogen-bond acceptors (Lipinski definition) is 6. The Kier molecular flexibility index (Phi) is 5.62. The van der Waals surface area contributed by atoms with E-state index in [1.165, 1.54) is 17.8 Å². The predicted octanol–water partition coefficient (Wildman–Crippen LogP) is 4.67. The Morgan fingerprint density at radius 3 is 2.97 bits per heavy atom. The van der Waals surface area contributed by atoms with Gasteiger partial charge in [0.05, 0.1) is 36.2 Å². The van der Waals surface area contributed by atoms with Crippen molar-refractivity contribution in [2.45, 2.75) is 63.6 Å². The van der Waals surface area contributed by atoms with Gasteiger partial charge in [0, 0.05) is 43.7 Å². The highest BCUT2D eigenvalue weighted by Gasteiger charge is 2.37. The third-order valence-electron chi connectivity index (χ3n) is 7.73.